The van der Waals surface area contributed by atoms with Crippen LogP contribution in [-0.4, -0.2) is 47.0 Å². The van der Waals surface area contributed by atoms with E-state index in [9.17, 15) is 4.79 Å². The molecule has 2 aromatic rings. The number of nitrogens with zero attached hydrogens (tertiary/aromatic N) is 2. The highest BCUT2D eigenvalue weighted by Crippen LogP contribution is 2.11. The lowest BCUT2D eigenvalue weighted by Gasteiger charge is -2.19. The molecular weight excluding hydrogens is 300 g/mol. The molecule has 130 valence electrons. The van der Waals surface area contributed by atoms with E-state index >= 15 is 0 Å². The predicted octanol–water partition coefficient (Wildman–Crippen LogP) is 2.88. The van der Waals surface area contributed by atoms with Crippen molar-refractivity contribution < 1.29 is 4.79 Å². The monoisotopic (exact) mass is 328 g/mol. The van der Waals surface area contributed by atoms with Gasteiger partial charge in [-0.15, -0.1) is 0 Å². The van der Waals surface area contributed by atoms with Gasteiger partial charge in [0.25, 0.3) is 0 Å². The van der Waals surface area contributed by atoms with E-state index < -0.39 is 0 Å². The molecule has 0 saturated carbocycles. The predicted molar refractivity (Wildman–Crippen MR) is 96.9 cm³/mol. The molecule has 1 saturated heterocycles. The molecule has 1 aromatic carbocycles. The van der Waals surface area contributed by atoms with Crippen LogP contribution in [0, 0.1) is 0 Å². The zero-order chi connectivity index (χ0) is 16.6. The molecule has 1 aromatic heterocycles. The van der Waals surface area contributed by atoms with Gasteiger partial charge in [0.15, 0.2) is 0 Å². The zero-order valence-electron chi connectivity index (χ0n) is 14.4. The second-order valence-corrected chi connectivity index (χ2v) is 6.66. The van der Waals surface area contributed by atoms with Crippen LogP contribution < -0.4 is 5.32 Å². The summed E-state index contributed by atoms with van der Waals surface area (Å²) in [6, 6.07) is 7.96. The number of hydrogen-bond donors (Lipinski definition) is 2. The van der Waals surface area contributed by atoms with Crippen molar-refractivity contribution in [2.45, 2.75) is 44.9 Å². The van der Waals surface area contributed by atoms with Gasteiger partial charge in [0.1, 0.15) is 5.82 Å². The van der Waals surface area contributed by atoms with E-state index in [2.05, 4.69) is 20.2 Å². The van der Waals surface area contributed by atoms with Gasteiger partial charge in [0.05, 0.1) is 11.0 Å². The number of hydrogen-bond acceptors (Lipinski definition) is 3. The number of H-pyrrole nitrogens is 1. The number of nitrogens with one attached hydrogen (secondary N) is 2. The van der Waals surface area contributed by atoms with Gasteiger partial charge in [-0.1, -0.05) is 25.0 Å². The first-order chi connectivity index (χ1) is 11.8. The van der Waals surface area contributed by atoms with Crippen LogP contribution in [0.15, 0.2) is 24.3 Å². The maximum absolute atomic E-state index is 12.0. The average Bonchev–Trinajstić information content (AvgIpc) is 2.84. The van der Waals surface area contributed by atoms with Gasteiger partial charge in [0, 0.05) is 19.4 Å². The van der Waals surface area contributed by atoms with Crippen LogP contribution >= 0.6 is 0 Å². The van der Waals surface area contributed by atoms with Crippen LogP contribution in [0.4, 0.5) is 0 Å². The molecule has 0 atom stereocenters. The van der Waals surface area contributed by atoms with Crippen molar-refractivity contribution in [3.8, 4) is 0 Å². The molecule has 0 radical (unpaired) electrons. The van der Waals surface area contributed by atoms with Crippen molar-refractivity contribution in [1.29, 1.82) is 0 Å². The van der Waals surface area contributed by atoms with E-state index in [0.717, 1.165) is 36.4 Å². The Hall–Kier alpha value is -1.88. The fraction of sp³-hybridized carbons (Fsp3) is 0.579. The van der Waals surface area contributed by atoms with Gasteiger partial charge in [0.2, 0.25) is 5.91 Å². The van der Waals surface area contributed by atoms with Gasteiger partial charge < -0.3 is 15.2 Å². The molecule has 1 amide bonds. The summed E-state index contributed by atoms with van der Waals surface area (Å²) >= 11 is 0. The highest BCUT2D eigenvalue weighted by atomic mass is 16.1. The number of para-hydroxylation sites is 2. The normalized spacial score (nSPS) is 16.2. The molecule has 24 heavy (non-hydrogen) atoms. The maximum atomic E-state index is 12.0. The molecule has 5 heteroatoms. The Kier molecular flexibility index (Phi) is 6.24. The van der Waals surface area contributed by atoms with Gasteiger partial charge >= 0.3 is 0 Å². The van der Waals surface area contributed by atoms with Gasteiger partial charge in [-0.2, -0.15) is 0 Å². The number of imidazole rings is 1. The molecule has 1 aliphatic heterocycles. The molecule has 0 spiro atoms. The molecule has 2 heterocycles. The van der Waals surface area contributed by atoms with Crippen molar-refractivity contribution in [2.75, 3.05) is 26.2 Å². The smallest absolute Gasteiger partial charge is 0.220 e. The van der Waals surface area contributed by atoms with Crippen LogP contribution in [0.25, 0.3) is 11.0 Å². The number of carbonyl (C=O) groups excluding carboxylic acids is 1. The largest absolute Gasteiger partial charge is 0.356 e. The topological polar surface area (TPSA) is 61.0 Å². The van der Waals surface area contributed by atoms with Crippen LogP contribution in [0.1, 0.15) is 44.3 Å². The Balaban J connectivity index is 1.32. The van der Waals surface area contributed by atoms with E-state index in [1.165, 1.54) is 38.8 Å². The van der Waals surface area contributed by atoms with Gasteiger partial charge in [-0.25, -0.2) is 4.98 Å². The second kappa shape index (κ2) is 8.83. The number of rotatable bonds is 7. The van der Waals surface area contributed by atoms with Crippen LogP contribution in [0.3, 0.4) is 0 Å². The Morgan fingerprint density at radius 2 is 1.96 bits per heavy atom. The Bertz CT molecular complexity index is 611. The average molecular weight is 328 g/mol. The Labute approximate surface area is 143 Å². The molecular formula is C19H28N4O. The number of amides is 1. The van der Waals surface area contributed by atoms with Crippen molar-refractivity contribution in [3.05, 3.63) is 30.1 Å². The molecule has 1 aliphatic rings. The summed E-state index contributed by atoms with van der Waals surface area (Å²) in [5.74, 6) is 1.00. The van der Waals surface area contributed by atoms with Crippen LogP contribution in [0.5, 0.6) is 0 Å². The molecule has 2 N–H and O–H groups in total. The molecule has 3 rings (SSSR count). The van der Waals surface area contributed by atoms with Crippen molar-refractivity contribution in [2.24, 2.45) is 0 Å². The first kappa shape index (κ1) is 17.0. The lowest BCUT2D eigenvalue weighted by atomic mass is 10.2. The van der Waals surface area contributed by atoms with Crippen molar-refractivity contribution >= 4 is 16.9 Å². The SMILES string of the molecule is O=C(CCc1nc2ccccc2[nH]1)NCCCN1CCCCCC1. The minimum absolute atomic E-state index is 0.117. The third-order valence-electron chi connectivity index (χ3n) is 4.70. The summed E-state index contributed by atoms with van der Waals surface area (Å²) in [5, 5.41) is 3.03. The molecule has 0 bridgehead atoms. The van der Waals surface area contributed by atoms with Crippen molar-refractivity contribution in [3.63, 3.8) is 0 Å². The number of carbonyl (C=O) groups is 1. The first-order valence-corrected chi connectivity index (χ1v) is 9.24. The maximum Gasteiger partial charge on any atom is 0.220 e. The number of fused-ring (bicyclic) bond motifs is 1. The van der Waals surface area contributed by atoms with Gasteiger partial charge in [-0.3, -0.25) is 4.79 Å². The van der Waals surface area contributed by atoms with Crippen LogP contribution in [-0.2, 0) is 11.2 Å². The third-order valence-corrected chi connectivity index (χ3v) is 4.70. The number of likely N-dealkylation sites (tertiary alicyclic amines) is 1. The number of aromatic nitrogens is 2. The summed E-state index contributed by atoms with van der Waals surface area (Å²) in [4.78, 5) is 22.3. The number of aromatic amines is 1. The highest BCUT2D eigenvalue weighted by Gasteiger charge is 2.09. The fourth-order valence-electron chi connectivity index (χ4n) is 3.33. The summed E-state index contributed by atoms with van der Waals surface area (Å²) in [7, 11) is 0. The lowest BCUT2D eigenvalue weighted by Crippen LogP contribution is -2.30. The van der Waals surface area contributed by atoms with E-state index in [1.54, 1.807) is 0 Å². The highest BCUT2D eigenvalue weighted by molar-refractivity contribution is 5.77. The summed E-state index contributed by atoms with van der Waals surface area (Å²) in [5.41, 5.74) is 2.00. The third kappa shape index (κ3) is 5.06. The second-order valence-electron chi connectivity index (χ2n) is 6.66. The number of aryl methyl sites for hydroxylation is 1. The lowest BCUT2D eigenvalue weighted by molar-refractivity contribution is -0.121. The minimum atomic E-state index is 0.117. The van der Waals surface area contributed by atoms with E-state index in [1.807, 2.05) is 24.3 Å². The summed E-state index contributed by atoms with van der Waals surface area (Å²) < 4.78 is 0. The quantitative estimate of drug-likeness (QED) is 0.768. The van der Waals surface area contributed by atoms with E-state index in [4.69, 9.17) is 0 Å². The van der Waals surface area contributed by atoms with E-state index in [-0.39, 0.29) is 5.91 Å². The molecule has 0 aliphatic carbocycles. The molecule has 5 nitrogen and oxygen atoms in total. The summed E-state index contributed by atoms with van der Waals surface area (Å²) in [6.07, 6.45) is 7.57. The molecule has 1 fully saturated rings. The Morgan fingerprint density at radius 3 is 2.75 bits per heavy atom. The first-order valence-electron chi connectivity index (χ1n) is 9.24. The van der Waals surface area contributed by atoms with Gasteiger partial charge in [-0.05, 0) is 51.0 Å². The summed E-state index contributed by atoms with van der Waals surface area (Å²) in [6.45, 7) is 4.32. The standard InChI is InChI=1S/C19H28N4O/c24-19(20-12-7-15-23-13-5-1-2-6-14-23)11-10-18-21-16-8-3-4-9-17(16)22-18/h3-4,8-9H,1-2,5-7,10-15H2,(H,20,24)(H,21,22). The zero-order valence-corrected chi connectivity index (χ0v) is 14.4. The minimum Gasteiger partial charge on any atom is -0.356 e. The molecule has 0 unspecified atom stereocenters. The number of benzene rings is 1. The van der Waals surface area contributed by atoms with Crippen LogP contribution in [0.2, 0.25) is 0 Å². The Morgan fingerprint density at radius 1 is 1.17 bits per heavy atom. The van der Waals surface area contributed by atoms with Crippen molar-refractivity contribution in [1.82, 2.24) is 20.2 Å². The van der Waals surface area contributed by atoms with E-state index in [0.29, 0.717) is 12.8 Å². The fourth-order valence-corrected chi connectivity index (χ4v) is 3.33.